The number of hydrogen-bond acceptors (Lipinski definition) is 3. The number of ether oxygens (including phenoxy) is 1. The highest BCUT2D eigenvalue weighted by Crippen LogP contribution is 2.33. The van der Waals surface area contributed by atoms with Crippen molar-refractivity contribution in [1.29, 1.82) is 0 Å². The van der Waals surface area contributed by atoms with Gasteiger partial charge in [-0.3, -0.25) is 0 Å². The van der Waals surface area contributed by atoms with Gasteiger partial charge in [0.2, 0.25) is 0 Å². The van der Waals surface area contributed by atoms with E-state index in [2.05, 4.69) is 35.6 Å². The lowest BCUT2D eigenvalue weighted by molar-refractivity contribution is -0.0234. The monoisotopic (exact) mass is 265 g/mol. The number of nitrogens with zero attached hydrogens (tertiary/aromatic N) is 2. The molecule has 0 atom stereocenters. The van der Waals surface area contributed by atoms with Crippen LogP contribution in [-0.4, -0.2) is 34.8 Å². The molecule has 1 N–H and O–H groups in total. The van der Waals surface area contributed by atoms with Gasteiger partial charge in [-0.25, -0.2) is 4.98 Å². The minimum Gasteiger partial charge on any atom is -0.374 e. The van der Waals surface area contributed by atoms with Gasteiger partial charge in [0.25, 0.3) is 0 Å². The lowest BCUT2D eigenvalue weighted by Gasteiger charge is -2.36. The molecular formula is C15H27N3O. The zero-order chi connectivity index (χ0) is 13.9. The molecule has 4 nitrogen and oxygen atoms in total. The van der Waals surface area contributed by atoms with Crippen molar-refractivity contribution in [1.82, 2.24) is 14.9 Å². The molecule has 19 heavy (non-hydrogen) atoms. The van der Waals surface area contributed by atoms with Gasteiger partial charge in [-0.15, -0.1) is 0 Å². The molecule has 0 radical (unpaired) electrons. The molecule has 1 fully saturated rings. The Morgan fingerprint density at radius 3 is 2.74 bits per heavy atom. The summed E-state index contributed by atoms with van der Waals surface area (Å²) in [6, 6.07) is 0. The van der Waals surface area contributed by atoms with Crippen LogP contribution < -0.4 is 5.32 Å². The lowest BCUT2D eigenvalue weighted by Crippen LogP contribution is -2.40. The molecule has 2 heterocycles. The first kappa shape index (κ1) is 14.5. The first-order valence-electron chi connectivity index (χ1n) is 7.32. The Morgan fingerprint density at radius 1 is 1.42 bits per heavy atom. The fourth-order valence-corrected chi connectivity index (χ4v) is 3.03. The Hall–Kier alpha value is -0.870. The Bertz CT molecular complexity index is 405. The molecule has 2 rings (SSSR count). The number of imidazole rings is 1. The zero-order valence-corrected chi connectivity index (χ0v) is 12.7. The molecule has 1 aliphatic rings. The fraction of sp³-hybridized carbons (Fsp3) is 0.800. The molecule has 1 aromatic heterocycles. The van der Waals surface area contributed by atoms with Crippen LogP contribution in [0.4, 0.5) is 0 Å². The third-order valence-corrected chi connectivity index (χ3v) is 4.12. The molecule has 0 unspecified atom stereocenters. The number of hydrogen-bond donors (Lipinski definition) is 1. The van der Waals surface area contributed by atoms with Crippen LogP contribution in [0.5, 0.6) is 0 Å². The van der Waals surface area contributed by atoms with Crippen LogP contribution >= 0.6 is 0 Å². The quantitative estimate of drug-likeness (QED) is 0.888. The van der Waals surface area contributed by atoms with Crippen molar-refractivity contribution >= 4 is 0 Å². The standard InChI is InChI=1S/C15H27N3O/c1-5-19-14(2,3)11-18-12-17-10-13(18)15(4)6-8-16-9-7-15/h10,12,16H,5-9,11H2,1-4H3. The minimum atomic E-state index is -0.145. The summed E-state index contributed by atoms with van der Waals surface area (Å²) in [4.78, 5) is 4.37. The highest BCUT2D eigenvalue weighted by molar-refractivity contribution is 5.15. The van der Waals surface area contributed by atoms with Crippen LogP contribution in [0.3, 0.4) is 0 Å². The number of piperidine rings is 1. The average molecular weight is 265 g/mol. The average Bonchev–Trinajstić information content (AvgIpc) is 2.77. The van der Waals surface area contributed by atoms with Crippen molar-refractivity contribution in [2.75, 3.05) is 19.7 Å². The Kier molecular flexibility index (Phi) is 4.31. The molecule has 108 valence electrons. The van der Waals surface area contributed by atoms with E-state index in [0.29, 0.717) is 0 Å². The summed E-state index contributed by atoms with van der Waals surface area (Å²) in [7, 11) is 0. The first-order chi connectivity index (χ1) is 8.97. The molecule has 1 aromatic rings. The van der Waals surface area contributed by atoms with Gasteiger partial charge >= 0.3 is 0 Å². The van der Waals surface area contributed by atoms with Crippen molar-refractivity contribution < 1.29 is 4.74 Å². The molecule has 0 amide bonds. The molecule has 1 aliphatic heterocycles. The Balaban J connectivity index is 2.17. The van der Waals surface area contributed by atoms with Crippen LogP contribution in [0.2, 0.25) is 0 Å². The summed E-state index contributed by atoms with van der Waals surface area (Å²) in [5.74, 6) is 0. The molecule has 4 heteroatoms. The van der Waals surface area contributed by atoms with Crippen molar-refractivity contribution in [3.05, 3.63) is 18.2 Å². The highest BCUT2D eigenvalue weighted by atomic mass is 16.5. The van der Waals surface area contributed by atoms with Gasteiger partial charge in [0.15, 0.2) is 0 Å². The second-order valence-corrected chi connectivity index (χ2v) is 6.41. The zero-order valence-electron chi connectivity index (χ0n) is 12.7. The molecule has 0 saturated carbocycles. The fourth-order valence-electron chi connectivity index (χ4n) is 3.03. The summed E-state index contributed by atoms with van der Waals surface area (Å²) < 4.78 is 8.10. The van der Waals surface area contributed by atoms with E-state index in [1.165, 1.54) is 18.5 Å². The summed E-state index contributed by atoms with van der Waals surface area (Å²) in [6.07, 6.45) is 6.33. The van der Waals surface area contributed by atoms with Crippen molar-refractivity contribution in [2.45, 2.75) is 58.1 Å². The maximum atomic E-state index is 5.82. The minimum absolute atomic E-state index is 0.145. The topological polar surface area (TPSA) is 39.1 Å². The van der Waals surface area contributed by atoms with Crippen LogP contribution in [0.15, 0.2) is 12.5 Å². The number of aromatic nitrogens is 2. The third-order valence-electron chi connectivity index (χ3n) is 4.12. The van der Waals surface area contributed by atoms with E-state index < -0.39 is 0 Å². The maximum absolute atomic E-state index is 5.82. The molecule has 0 bridgehead atoms. The van der Waals surface area contributed by atoms with Crippen molar-refractivity contribution in [3.8, 4) is 0 Å². The number of rotatable bonds is 5. The van der Waals surface area contributed by atoms with Crippen LogP contribution in [0, 0.1) is 0 Å². The van der Waals surface area contributed by atoms with Crippen LogP contribution in [0.25, 0.3) is 0 Å². The molecule has 0 spiro atoms. The van der Waals surface area contributed by atoms with E-state index in [1.54, 1.807) is 0 Å². The maximum Gasteiger partial charge on any atom is 0.0949 e. The number of nitrogens with one attached hydrogen (secondary N) is 1. The second-order valence-electron chi connectivity index (χ2n) is 6.41. The summed E-state index contributed by atoms with van der Waals surface area (Å²) in [5, 5.41) is 3.44. The molecule has 0 aliphatic carbocycles. The van der Waals surface area contributed by atoms with Gasteiger partial charge in [0.1, 0.15) is 0 Å². The van der Waals surface area contributed by atoms with Gasteiger partial charge in [-0.1, -0.05) is 6.92 Å². The summed E-state index contributed by atoms with van der Waals surface area (Å²) in [5.41, 5.74) is 1.44. The van der Waals surface area contributed by atoms with Gasteiger partial charge in [0, 0.05) is 23.9 Å². The smallest absolute Gasteiger partial charge is 0.0949 e. The molecular weight excluding hydrogens is 238 g/mol. The molecule has 0 aromatic carbocycles. The van der Waals surface area contributed by atoms with Gasteiger partial charge < -0.3 is 14.6 Å². The largest absolute Gasteiger partial charge is 0.374 e. The predicted molar refractivity (Wildman–Crippen MR) is 77.4 cm³/mol. The van der Waals surface area contributed by atoms with E-state index in [0.717, 1.165) is 26.2 Å². The van der Waals surface area contributed by atoms with Crippen molar-refractivity contribution in [2.24, 2.45) is 0 Å². The Morgan fingerprint density at radius 2 is 2.11 bits per heavy atom. The first-order valence-corrected chi connectivity index (χ1v) is 7.32. The van der Waals surface area contributed by atoms with Crippen LogP contribution in [0.1, 0.15) is 46.2 Å². The lowest BCUT2D eigenvalue weighted by atomic mass is 9.78. The van der Waals surface area contributed by atoms with E-state index in [-0.39, 0.29) is 11.0 Å². The van der Waals surface area contributed by atoms with E-state index in [4.69, 9.17) is 4.74 Å². The second kappa shape index (κ2) is 5.63. The highest BCUT2D eigenvalue weighted by Gasteiger charge is 2.32. The van der Waals surface area contributed by atoms with Gasteiger partial charge in [-0.05, 0) is 46.7 Å². The van der Waals surface area contributed by atoms with Crippen molar-refractivity contribution in [3.63, 3.8) is 0 Å². The van der Waals surface area contributed by atoms with Crippen LogP contribution in [-0.2, 0) is 16.7 Å². The normalized spacial score (nSPS) is 19.6. The molecule has 1 saturated heterocycles. The Labute approximate surface area is 116 Å². The van der Waals surface area contributed by atoms with Gasteiger partial charge in [0.05, 0.1) is 18.5 Å². The van der Waals surface area contributed by atoms with E-state index in [1.807, 2.05) is 19.4 Å². The predicted octanol–water partition coefficient (Wildman–Crippen LogP) is 2.34. The summed E-state index contributed by atoms with van der Waals surface area (Å²) in [6.45, 7) is 12.5. The van der Waals surface area contributed by atoms with E-state index in [9.17, 15) is 0 Å². The summed E-state index contributed by atoms with van der Waals surface area (Å²) >= 11 is 0. The van der Waals surface area contributed by atoms with E-state index >= 15 is 0 Å². The third kappa shape index (κ3) is 3.37. The van der Waals surface area contributed by atoms with Gasteiger partial charge in [-0.2, -0.15) is 0 Å². The SMILES string of the molecule is CCOC(C)(C)Cn1cncc1C1(C)CCNCC1.